The number of imidazole rings is 1. The van der Waals surface area contributed by atoms with Crippen molar-refractivity contribution in [1.29, 1.82) is 0 Å². The van der Waals surface area contributed by atoms with E-state index in [9.17, 15) is 4.39 Å². The number of rotatable bonds is 2. The van der Waals surface area contributed by atoms with Crippen LogP contribution in [0.3, 0.4) is 0 Å². The SMILES string of the molecule is Cn1ccnc1-c1ccc(CF)cc1. The smallest absolute Gasteiger partial charge is 0.139 e. The molecule has 0 N–H and O–H groups in total. The Bertz CT molecular complexity index is 417. The first-order valence-electron chi connectivity index (χ1n) is 4.44. The van der Waals surface area contributed by atoms with Crippen LogP contribution in [-0.2, 0) is 13.7 Å². The molecule has 0 fully saturated rings. The zero-order valence-electron chi connectivity index (χ0n) is 7.94. The van der Waals surface area contributed by atoms with Crippen LogP contribution in [0.5, 0.6) is 0 Å². The second-order valence-corrected chi connectivity index (χ2v) is 3.19. The fraction of sp³-hybridized carbons (Fsp3) is 0.182. The largest absolute Gasteiger partial charge is 0.334 e. The van der Waals surface area contributed by atoms with Crippen LogP contribution in [0.2, 0.25) is 0 Å². The lowest BCUT2D eigenvalue weighted by molar-refractivity contribution is 0.485. The molecule has 0 unspecified atom stereocenters. The van der Waals surface area contributed by atoms with Crippen LogP contribution in [-0.4, -0.2) is 9.55 Å². The molecule has 0 saturated carbocycles. The van der Waals surface area contributed by atoms with Gasteiger partial charge in [-0.05, 0) is 5.56 Å². The summed E-state index contributed by atoms with van der Waals surface area (Å²) in [6.45, 7) is -0.416. The summed E-state index contributed by atoms with van der Waals surface area (Å²) < 4.78 is 14.2. The number of nitrogens with zero attached hydrogens (tertiary/aromatic N) is 2. The van der Waals surface area contributed by atoms with E-state index in [0.29, 0.717) is 5.56 Å². The molecule has 1 aromatic carbocycles. The summed E-state index contributed by atoms with van der Waals surface area (Å²) >= 11 is 0. The van der Waals surface area contributed by atoms with Crippen LogP contribution < -0.4 is 0 Å². The Morgan fingerprint density at radius 1 is 1.29 bits per heavy atom. The number of alkyl halides is 1. The molecule has 0 radical (unpaired) electrons. The molecule has 0 aliphatic heterocycles. The van der Waals surface area contributed by atoms with Crippen LogP contribution in [0.15, 0.2) is 36.7 Å². The van der Waals surface area contributed by atoms with Crippen molar-refractivity contribution in [2.75, 3.05) is 0 Å². The number of halogens is 1. The van der Waals surface area contributed by atoms with Gasteiger partial charge in [0, 0.05) is 25.0 Å². The zero-order chi connectivity index (χ0) is 9.97. The van der Waals surface area contributed by atoms with Crippen molar-refractivity contribution in [2.24, 2.45) is 7.05 Å². The maximum atomic E-state index is 12.3. The lowest BCUT2D eigenvalue weighted by atomic mass is 10.1. The number of benzene rings is 1. The second kappa shape index (κ2) is 3.62. The first kappa shape index (κ1) is 8.94. The van der Waals surface area contributed by atoms with Gasteiger partial charge in [0.1, 0.15) is 12.5 Å². The van der Waals surface area contributed by atoms with E-state index < -0.39 is 6.67 Å². The van der Waals surface area contributed by atoms with Crippen LogP contribution >= 0.6 is 0 Å². The molecule has 3 heteroatoms. The van der Waals surface area contributed by atoms with Gasteiger partial charge in [-0.3, -0.25) is 0 Å². The molecule has 2 nitrogen and oxygen atoms in total. The van der Waals surface area contributed by atoms with Crippen molar-refractivity contribution in [3.8, 4) is 11.4 Å². The molecule has 2 rings (SSSR count). The lowest BCUT2D eigenvalue weighted by Gasteiger charge is -2.01. The summed E-state index contributed by atoms with van der Waals surface area (Å²) in [4.78, 5) is 4.21. The molecule has 1 heterocycles. The van der Waals surface area contributed by atoms with Crippen LogP contribution in [0, 0.1) is 0 Å². The number of aryl methyl sites for hydroxylation is 1. The van der Waals surface area contributed by atoms with E-state index in [4.69, 9.17) is 0 Å². The van der Waals surface area contributed by atoms with E-state index in [1.807, 2.05) is 29.9 Å². The highest BCUT2D eigenvalue weighted by Gasteiger charge is 2.02. The lowest BCUT2D eigenvalue weighted by Crippen LogP contribution is -1.91. The third-order valence-electron chi connectivity index (χ3n) is 2.19. The van der Waals surface area contributed by atoms with Crippen LogP contribution in [0.4, 0.5) is 4.39 Å². The number of aromatic nitrogens is 2. The van der Waals surface area contributed by atoms with Gasteiger partial charge in [-0.2, -0.15) is 0 Å². The molecule has 0 spiro atoms. The Hall–Kier alpha value is -1.64. The van der Waals surface area contributed by atoms with Crippen molar-refractivity contribution in [3.05, 3.63) is 42.2 Å². The number of hydrogen-bond acceptors (Lipinski definition) is 1. The first-order valence-corrected chi connectivity index (χ1v) is 4.44. The molecule has 0 saturated heterocycles. The molecule has 2 aromatic rings. The normalized spacial score (nSPS) is 10.4. The molecular formula is C11H11FN2. The van der Waals surface area contributed by atoms with E-state index in [1.54, 1.807) is 18.3 Å². The predicted octanol–water partition coefficient (Wildman–Crippen LogP) is 2.56. The summed E-state index contributed by atoms with van der Waals surface area (Å²) in [6.07, 6.45) is 3.64. The minimum atomic E-state index is -0.416. The summed E-state index contributed by atoms with van der Waals surface area (Å²) in [7, 11) is 1.94. The van der Waals surface area contributed by atoms with Gasteiger partial charge < -0.3 is 4.57 Å². The maximum absolute atomic E-state index is 12.3. The van der Waals surface area contributed by atoms with Gasteiger partial charge >= 0.3 is 0 Å². The highest BCUT2D eigenvalue weighted by molar-refractivity contribution is 5.55. The monoisotopic (exact) mass is 190 g/mol. The quantitative estimate of drug-likeness (QED) is 0.711. The van der Waals surface area contributed by atoms with E-state index in [0.717, 1.165) is 11.4 Å². The van der Waals surface area contributed by atoms with Gasteiger partial charge in [-0.15, -0.1) is 0 Å². The van der Waals surface area contributed by atoms with Crippen molar-refractivity contribution in [1.82, 2.24) is 9.55 Å². The summed E-state index contributed by atoms with van der Waals surface area (Å²) in [5.41, 5.74) is 1.71. The van der Waals surface area contributed by atoms with Gasteiger partial charge in [-0.1, -0.05) is 24.3 Å². The highest BCUT2D eigenvalue weighted by atomic mass is 19.1. The fourth-order valence-corrected chi connectivity index (χ4v) is 1.39. The third-order valence-corrected chi connectivity index (χ3v) is 2.19. The molecule has 0 bridgehead atoms. The Kier molecular flexibility index (Phi) is 2.31. The third kappa shape index (κ3) is 1.53. The highest BCUT2D eigenvalue weighted by Crippen LogP contribution is 2.17. The minimum Gasteiger partial charge on any atom is -0.334 e. The van der Waals surface area contributed by atoms with E-state index in [1.165, 1.54) is 0 Å². The van der Waals surface area contributed by atoms with Gasteiger partial charge in [-0.25, -0.2) is 9.37 Å². The van der Waals surface area contributed by atoms with Crippen LogP contribution in [0.25, 0.3) is 11.4 Å². The molecule has 72 valence electrons. The van der Waals surface area contributed by atoms with Gasteiger partial charge in [0.25, 0.3) is 0 Å². The van der Waals surface area contributed by atoms with Gasteiger partial charge in [0.05, 0.1) is 0 Å². The van der Waals surface area contributed by atoms with E-state index in [-0.39, 0.29) is 0 Å². The maximum Gasteiger partial charge on any atom is 0.139 e. The molecule has 0 atom stereocenters. The summed E-state index contributed by atoms with van der Waals surface area (Å²) in [5.74, 6) is 0.899. The zero-order valence-corrected chi connectivity index (χ0v) is 7.94. The average molecular weight is 190 g/mol. The van der Waals surface area contributed by atoms with Crippen molar-refractivity contribution >= 4 is 0 Å². The predicted molar refractivity (Wildman–Crippen MR) is 53.5 cm³/mol. The van der Waals surface area contributed by atoms with E-state index in [2.05, 4.69) is 4.98 Å². The molecule has 0 aliphatic rings. The molecule has 14 heavy (non-hydrogen) atoms. The fourth-order valence-electron chi connectivity index (χ4n) is 1.39. The molecule has 0 amide bonds. The van der Waals surface area contributed by atoms with Crippen molar-refractivity contribution < 1.29 is 4.39 Å². The standard InChI is InChI=1S/C11H11FN2/c1-14-7-6-13-11(14)10-4-2-9(8-12)3-5-10/h2-7H,8H2,1H3. The first-order chi connectivity index (χ1) is 6.81. The minimum absolute atomic E-state index is 0.416. The summed E-state index contributed by atoms with van der Waals surface area (Å²) in [5, 5.41) is 0. The second-order valence-electron chi connectivity index (χ2n) is 3.19. The molecule has 0 aliphatic carbocycles. The van der Waals surface area contributed by atoms with Gasteiger partial charge in [0.2, 0.25) is 0 Å². The molecular weight excluding hydrogens is 179 g/mol. The number of hydrogen-bond donors (Lipinski definition) is 0. The van der Waals surface area contributed by atoms with Crippen molar-refractivity contribution in [3.63, 3.8) is 0 Å². The topological polar surface area (TPSA) is 17.8 Å². The Labute approximate surface area is 82.0 Å². The molecule has 1 aromatic heterocycles. The summed E-state index contributed by atoms with van der Waals surface area (Å²) in [6, 6.07) is 7.34. The Balaban J connectivity index is 2.39. The Morgan fingerprint density at radius 3 is 2.50 bits per heavy atom. The van der Waals surface area contributed by atoms with Crippen molar-refractivity contribution in [2.45, 2.75) is 6.67 Å². The van der Waals surface area contributed by atoms with E-state index >= 15 is 0 Å². The Morgan fingerprint density at radius 2 is 2.00 bits per heavy atom. The van der Waals surface area contributed by atoms with Crippen LogP contribution in [0.1, 0.15) is 5.56 Å². The average Bonchev–Trinajstić information content (AvgIpc) is 2.65. The van der Waals surface area contributed by atoms with Gasteiger partial charge in [0.15, 0.2) is 0 Å².